The molecule has 10 nitrogen and oxygen atoms in total. The highest BCUT2D eigenvalue weighted by atomic mass is 16.6. The molecule has 1 N–H and O–H groups in total. The number of ether oxygens (including phenoxy) is 2. The fourth-order valence-electron chi connectivity index (χ4n) is 4.75. The number of carboxylic acids is 1. The van der Waals surface area contributed by atoms with E-state index in [4.69, 9.17) is 14.5 Å². The van der Waals surface area contributed by atoms with Gasteiger partial charge in [0, 0.05) is 20.6 Å². The van der Waals surface area contributed by atoms with Gasteiger partial charge in [0.25, 0.3) is 0 Å². The predicted molar refractivity (Wildman–Crippen MR) is 128 cm³/mol. The summed E-state index contributed by atoms with van der Waals surface area (Å²) in [5, 5.41) is 17.7. The second kappa shape index (κ2) is 11.0. The second-order valence-electron chi connectivity index (χ2n) is 9.68. The van der Waals surface area contributed by atoms with E-state index >= 15 is 0 Å². The van der Waals surface area contributed by atoms with E-state index in [1.807, 2.05) is 19.1 Å². The van der Waals surface area contributed by atoms with Crippen LogP contribution < -0.4 is 4.74 Å². The molecule has 0 bridgehead atoms. The minimum Gasteiger partial charge on any atom is -0.488 e. The second-order valence-corrected chi connectivity index (χ2v) is 9.68. The van der Waals surface area contributed by atoms with E-state index in [0.29, 0.717) is 54.6 Å². The summed E-state index contributed by atoms with van der Waals surface area (Å²) in [6, 6.07) is 3.69. The van der Waals surface area contributed by atoms with Crippen molar-refractivity contribution in [2.45, 2.75) is 71.0 Å². The third-order valence-corrected chi connectivity index (χ3v) is 7.12. The molecule has 4 rings (SSSR count). The first-order chi connectivity index (χ1) is 16.9. The Morgan fingerprint density at radius 1 is 1.20 bits per heavy atom. The maximum atomic E-state index is 12.5. The summed E-state index contributed by atoms with van der Waals surface area (Å²) >= 11 is 0. The summed E-state index contributed by atoms with van der Waals surface area (Å²) in [6.45, 7) is 2.76. The number of amides is 1. The van der Waals surface area contributed by atoms with Crippen LogP contribution in [0, 0.1) is 11.8 Å². The number of pyridine rings is 1. The molecular weight excluding hydrogens is 450 g/mol. The number of carbonyl (C=O) groups is 2. The van der Waals surface area contributed by atoms with Crippen LogP contribution in [0.4, 0.5) is 4.79 Å². The van der Waals surface area contributed by atoms with Gasteiger partial charge in [-0.3, -0.25) is 4.79 Å². The van der Waals surface area contributed by atoms with E-state index < -0.39 is 5.97 Å². The standard InChI is InChI=1S/C25H35N5O5/c1-4-19-22(35-18-10-6-9-17(13-18)24(31)32)12-11-20(26-19)23-21(30(3)28-27-23)15-34-25(33)29(2)14-16-7-5-8-16/h11-12,16-18H,4-10,13-15H2,1-3H3,(H,31,32)/t17-,18-/m0/s1. The lowest BCUT2D eigenvalue weighted by molar-refractivity contribution is -0.143. The van der Waals surface area contributed by atoms with Gasteiger partial charge in [0.2, 0.25) is 0 Å². The number of hydrogen-bond acceptors (Lipinski definition) is 7. The molecule has 0 spiro atoms. The van der Waals surface area contributed by atoms with E-state index in [0.717, 1.165) is 18.5 Å². The molecule has 0 aromatic carbocycles. The van der Waals surface area contributed by atoms with Crippen molar-refractivity contribution in [1.29, 1.82) is 0 Å². The highest BCUT2D eigenvalue weighted by Crippen LogP contribution is 2.31. The van der Waals surface area contributed by atoms with Gasteiger partial charge in [0.15, 0.2) is 0 Å². The molecule has 2 saturated carbocycles. The van der Waals surface area contributed by atoms with E-state index in [1.165, 1.54) is 19.3 Å². The van der Waals surface area contributed by atoms with Crippen LogP contribution in [-0.4, -0.2) is 61.7 Å². The average molecular weight is 486 g/mol. The van der Waals surface area contributed by atoms with Crippen LogP contribution in [-0.2, 0) is 29.6 Å². The smallest absolute Gasteiger partial charge is 0.409 e. The van der Waals surface area contributed by atoms with Gasteiger partial charge < -0.3 is 19.5 Å². The molecule has 190 valence electrons. The number of nitrogens with zero attached hydrogens (tertiary/aromatic N) is 5. The summed E-state index contributed by atoms with van der Waals surface area (Å²) < 4.78 is 13.3. The Kier molecular flexibility index (Phi) is 7.87. The van der Waals surface area contributed by atoms with Gasteiger partial charge in [-0.15, -0.1) is 5.10 Å². The molecule has 2 heterocycles. The first-order valence-corrected chi connectivity index (χ1v) is 12.5. The van der Waals surface area contributed by atoms with Gasteiger partial charge in [-0.2, -0.15) is 0 Å². The van der Waals surface area contributed by atoms with Gasteiger partial charge in [-0.1, -0.05) is 18.6 Å². The minimum atomic E-state index is -0.757. The molecule has 0 aliphatic heterocycles. The molecule has 10 heteroatoms. The zero-order valence-electron chi connectivity index (χ0n) is 20.8. The molecule has 2 aliphatic carbocycles. The van der Waals surface area contributed by atoms with Crippen molar-refractivity contribution in [3.05, 3.63) is 23.5 Å². The molecule has 0 unspecified atom stereocenters. The van der Waals surface area contributed by atoms with Crippen molar-refractivity contribution >= 4 is 12.1 Å². The van der Waals surface area contributed by atoms with Crippen molar-refractivity contribution in [2.24, 2.45) is 18.9 Å². The van der Waals surface area contributed by atoms with Gasteiger partial charge in [0.1, 0.15) is 23.7 Å². The SMILES string of the molecule is CCc1nc(-c2nnn(C)c2COC(=O)N(C)CC2CCC2)ccc1O[C@H]1CCC[C@H](C(=O)O)C1. The topological polar surface area (TPSA) is 120 Å². The lowest BCUT2D eigenvalue weighted by Crippen LogP contribution is -2.34. The van der Waals surface area contributed by atoms with E-state index in [-0.39, 0.29) is 24.7 Å². The Bertz CT molecular complexity index is 1050. The highest BCUT2D eigenvalue weighted by Gasteiger charge is 2.29. The van der Waals surface area contributed by atoms with Crippen molar-refractivity contribution in [1.82, 2.24) is 24.9 Å². The molecule has 2 fully saturated rings. The van der Waals surface area contributed by atoms with Crippen molar-refractivity contribution in [3.8, 4) is 17.1 Å². The van der Waals surface area contributed by atoms with Crippen LogP contribution in [0.15, 0.2) is 12.1 Å². The summed E-state index contributed by atoms with van der Waals surface area (Å²) in [4.78, 5) is 30.2. The zero-order chi connectivity index (χ0) is 24.9. The Morgan fingerprint density at radius 2 is 1.97 bits per heavy atom. The van der Waals surface area contributed by atoms with E-state index in [1.54, 1.807) is 23.7 Å². The molecule has 2 aromatic heterocycles. The van der Waals surface area contributed by atoms with Crippen molar-refractivity contribution < 1.29 is 24.2 Å². The van der Waals surface area contributed by atoms with Gasteiger partial charge in [-0.05, 0) is 63.0 Å². The van der Waals surface area contributed by atoms with Crippen LogP contribution in [0.25, 0.3) is 11.4 Å². The van der Waals surface area contributed by atoms with E-state index in [2.05, 4.69) is 10.3 Å². The lowest BCUT2D eigenvalue weighted by Gasteiger charge is -2.29. The molecular formula is C25H35N5O5. The predicted octanol–water partition coefficient (Wildman–Crippen LogP) is 3.83. The molecule has 0 radical (unpaired) electrons. The van der Waals surface area contributed by atoms with Gasteiger partial charge >= 0.3 is 12.1 Å². The lowest BCUT2D eigenvalue weighted by atomic mass is 9.85. The molecule has 35 heavy (non-hydrogen) atoms. The fraction of sp³-hybridized carbons (Fsp3) is 0.640. The van der Waals surface area contributed by atoms with E-state index in [9.17, 15) is 14.7 Å². The molecule has 2 aromatic rings. The molecule has 1 amide bonds. The number of aromatic nitrogens is 4. The summed E-state index contributed by atoms with van der Waals surface area (Å²) in [6.07, 6.45) is 6.60. The Hall–Kier alpha value is -3.17. The summed E-state index contributed by atoms with van der Waals surface area (Å²) in [7, 11) is 3.53. The molecule has 2 aliphatic rings. The fourth-order valence-corrected chi connectivity index (χ4v) is 4.75. The number of carbonyl (C=O) groups excluding carboxylic acids is 1. The third kappa shape index (κ3) is 5.91. The van der Waals surface area contributed by atoms with Crippen LogP contribution in [0.1, 0.15) is 63.3 Å². The largest absolute Gasteiger partial charge is 0.488 e. The van der Waals surface area contributed by atoms with Crippen LogP contribution >= 0.6 is 0 Å². The number of carboxylic acid groups (broad SMARTS) is 1. The molecule has 2 atom stereocenters. The minimum absolute atomic E-state index is 0.0483. The maximum absolute atomic E-state index is 12.5. The highest BCUT2D eigenvalue weighted by molar-refractivity contribution is 5.70. The first-order valence-electron chi connectivity index (χ1n) is 12.5. The normalized spacial score (nSPS) is 20.2. The first kappa shape index (κ1) is 24.9. The number of aliphatic carboxylic acids is 1. The Balaban J connectivity index is 1.44. The zero-order valence-corrected chi connectivity index (χ0v) is 20.8. The van der Waals surface area contributed by atoms with Crippen LogP contribution in [0.5, 0.6) is 5.75 Å². The van der Waals surface area contributed by atoms with Crippen LogP contribution in [0.2, 0.25) is 0 Å². The third-order valence-electron chi connectivity index (χ3n) is 7.12. The molecule has 0 saturated heterocycles. The number of rotatable bonds is 9. The van der Waals surface area contributed by atoms with Crippen molar-refractivity contribution in [2.75, 3.05) is 13.6 Å². The average Bonchev–Trinajstić information content (AvgIpc) is 3.20. The quantitative estimate of drug-likeness (QED) is 0.569. The van der Waals surface area contributed by atoms with Crippen molar-refractivity contribution in [3.63, 3.8) is 0 Å². The number of aryl methyl sites for hydroxylation is 2. The van der Waals surface area contributed by atoms with Gasteiger partial charge in [-0.25, -0.2) is 14.5 Å². The van der Waals surface area contributed by atoms with Crippen LogP contribution in [0.3, 0.4) is 0 Å². The summed E-state index contributed by atoms with van der Waals surface area (Å²) in [5.74, 6) is 0.126. The monoisotopic (exact) mass is 485 g/mol. The number of hydrogen-bond donors (Lipinski definition) is 1. The van der Waals surface area contributed by atoms with Gasteiger partial charge in [0.05, 0.1) is 23.4 Å². The Labute approximate surface area is 205 Å². The maximum Gasteiger partial charge on any atom is 0.409 e. The Morgan fingerprint density at radius 3 is 2.66 bits per heavy atom. The summed E-state index contributed by atoms with van der Waals surface area (Å²) in [5.41, 5.74) is 2.62.